The van der Waals surface area contributed by atoms with E-state index < -0.39 is 10.0 Å². The predicted molar refractivity (Wildman–Crippen MR) is 63.9 cm³/mol. The van der Waals surface area contributed by atoms with Crippen molar-refractivity contribution in [3.63, 3.8) is 0 Å². The molecule has 2 aromatic heterocycles. The van der Waals surface area contributed by atoms with Crippen LogP contribution in [0.5, 0.6) is 0 Å². The molecule has 8 nitrogen and oxygen atoms in total. The molecule has 9 heteroatoms. The van der Waals surface area contributed by atoms with Gasteiger partial charge in [-0.25, -0.2) is 23.5 Å². The van der Waals surface area contributed by atoms with Crippen LogP contribution in [0.25, 0.3) is 5.65 Å². The van der Waals surface area contributed by atoms with E-state index >= 15 is 0 Å². The maximum Gasteiger partial charge on any atom is 0.210 e. The third-order valence-electron chi connectivity index (χ3n) is 2.07. The molecule has 0 bridgehead atoms. The lowest BCUT2D eigenvalue weighted by Gasteiger charge is -2.06. The Labute approximate surface area is 97.7 Å². The number of nitrogen functional groups attached to an aromatic ring is 1. The smallest absolute Gasteiger partial charge is 0.210 e. The molecule has 0 aliphatic carbocycles. The third kappa shape index (κ3) is 2.82. The fourth-order valence-electron chi connectivity index (χ4n) is 1.38. The van der Waals surface area contributed by atoms with Gasteiger partial charge in [0, 0.05) is 18.9 Å². The van der Waals surface area contributed by atoms with Crippen LogP contribution in [0.1, 0.15) is 0 Å². The zero-order chi connectivity index (χ0) is 12.5. The van der Waals surface area contributed by atoms with Crippen LogP contribution in [-0.4, -0.2) is 35.1 Å². The maximum atomic E-state index is 10.8. The Morgan fingerprint density at radius 2 is 2.24 bits per heavy atom. The van der Waals surface area contributed by atoms with E-state index in [-0.39, 0.29) is 12.3 Å². The molecule has 92 valence electrons. The number of anilines is 2. The van der Waals surface area contributed by atoms with Crippen molar-refractivity contribution in [1.29, 1.82) is 0 Å². The molecule has 0 fully saturated rings. The Morgan fingerprint density at radius 3 is 2.94 bits per heavy atom. The van der Waals surface area contributed by atoms with Gasteiger partial charge in [-0.1, -0.05) is 0 Å². The Morgan fingerprint density at radius 1 is 1.47 bits per heavy atom. The van der Waals surface area contributed by atoms with E-state index in [0.29, 0.717) is 17.3 Å². The Kier molecular flexibility index (Phi) is 2.86. The lowest BCUT2D eigenvalue weighted by molar-refractivity contribution is 0.598. The molecule has 0 radical (unpaired) electrons. The summed E-state index contributed by atoms with van der Waals surface area (Å²) in [6, 6.07) is 0. The Bertz CT molecular complexity index is 635. The Balaban J connectivity index is 2.20. The molecule has 0 spiro atoms. The molecule has 0 amide bonds. The average molecular weight is 256 g/mol. The van der Waals surface area contributed by atoms with Gasteiger partial charge in [0.25, 0.3) is 0 Å². The second kappa shape index (κ2) is 4.18. The molecule has 0 aliphatic heterocycles. The van der Waals surface area contributed by atoms with Crippen molar-refractivity contribution in [1.82, 2.24) is 14.4 Å². The first-order chi connectivity index (χ1) is 7.96. The minimum Gasteiger partial charge on any atom is -0.382 e. The van der Waals surface area contributed by atoms with Gasteiger partial charge < -0.3 is 15.5 Å². The summed E-state index contributed by atoms with van der Waals surface area (Å²) in [5.41, 5.74) is 6.18. The van der Waals surface area contributed by atoms with Crippen molar-refractivity contribution in [2.45, 2.75) is 0 Å². The van der Waals surface area contributed by atoms with Gasteiger partial charge >= 0.3 is 0 Å². The van der Waals surface area contributed by atoms with Crippen molar-refractivity contribution in [2.24, 2.45) is 5.14 Å². The second-order valence-corrected chi connectivity index (χ2v) is 5.20. The molecule has 0 aliphatic rings. The number of nitrogens with two attached hydrogens (primary N) is 2. The topological polar surface area (TPSA) is 128 Å². The third-order valence-corrected chi connectivity index (χ3v) is 2.84. The monoisotopic (exact) mass is 256 g/mol. The highest BCUT2D eigenvalue weighted by Gasteiger charge is 2.07. The molecule has 2 heterocycles. The van der Waals surface area contributed by atoms with Crippen LogP contribution in [0, 0.1) is 0 Å². The molecule has 0 saturated heterocycles. The van der Waals surface area contributed by atoms with E-state index in [4.69, 9.17) is 10.9 Å². The maximum absolute atomic E-state index is 10.8. The molecule has 2 rings (SSSR count). The highest BCUT2D eigenvalue weighted by molar-refractivity contribution is 7.89. The van der Waals surface area contributed by atoms with E-state index in [1.165, 1.54) is 0 Å². The summed E-state index contributed by atoms with van der Waals surface area (Å²) in [4.78, 5) is 8.12. The summed E-state index contributed by atoms with van der Waals surface area (Å²) in [7, 11) is -3.49. The quantitative estimate of drug-likeness (QED) is 0.644. The average Bonchev–Trinajstić information content (AvgIpc) is 2.63. The van der Waals surface area contributed by atoms with Crippen molar-refractivity contribution >= 4 is 27.3 Å². The van der Waals surface area contributed by atoms with Gasteiger partial charge in [0.05, 0.1) is 11.9 Å². The number of nitrogens with zero attached hydrogens (tertiary/aromatic N) is 3. The molecule has 2 aromatic rings. The summed E-state index contributed by atoms with van der Waals surface area (Å²) in [5.74, 6) is 0.559. The molecular weight excluding hydrogens is 244 g/mol. The molecular formula is C8H12N6O2S. The number of nitrogens with one attached hydrogen (secondary N) is 1. The van der Waals surface area contributed by atoms with Crippen molar-refractivity contribution in [3.8, 4) is 0 Å². The number of aromatic nitrogens is 3. The summed E-state index contributed by atoms with van der Waals surface area (Å²) < 4.78 is 23.2. The van der Waals surface area contributed by atoms with Crippen LogP contribution >= 0.6 is 0 Å². The van der Waals surface area contributed by atoms with Crippen LogP contribution in [0.4, 0.5) is 11.6 Å². The summed E-state index contributed by atoms with van der Waals surface area (Å²) in [6.45, 7) is 0.151. The minimum absolute atomic E-state index is 0.151. The number of rotatable bonds is 4. The highest BCUT2D eigenvalue weighted by Crippen LogP contribution is 2.13. The van der Waals surface area contributed by atoms with Crippen LogP contribution in [-0.2, 0) is 10.0 Å². The number of fused-ring (bicyclic) bond motifs is 1. The van der Waals surface area contributed by atoms with E-state index in [1.807, 2.05) is 0 Å². The van der Waals surface area contributed by atoms with Crippen LogP contribution in [0.3, 0.4) is 0 Å². The summed E-state index contributed by atoms with van der Waals surface area (Å²) >= 11 is 0. The van der Waals surface area contributed by atoms with E-state index in [1.54, 1.807) is 23.0 Å². The molecule has 17 heavy (non-hydrogen) atoms. The lowest BCUT2D eigenvalue weighted by Crippen LogP contribution is -2.23. The molecule has 0 aromatic carbocycles. The largest absolute Gasteiger partial charge is 0.382 e. The van der Waals surface area contributed by atoms with Crippen molar-refractivity contribution in [3.05, 3.63) is 18.6 Å². The zero-order valence-electron chi connectivity index (χ0n) is 8.87. The Hall–Kier alpha value is -1.87. The van der Waals surface area contributed by atoms with Gasteiger partial charge in [-0.05, 0) is 0 Å². The number of hydrogen-bond donors (Lipinski definition) is 3. The standard InChI is InChI=1S/C8H12N6O2S/c9-6-5-14-3-1-12-8(14)7(13-6)11-2-4-17(10,15)16/h1,3,5H,2,4,9H2,(H,11,13)(H2,10,15,16). The van der Waals surface area contributed by atoms with E-state index in [2.05, 4.69) is 15.3 Å². The molecule has 5 N–H and O–H groups in total. The highest BCUT2D eigenvalue weighted by atomic mass is 32.2. The molecule has 0 saturated carbocycles. The van der Waals surface area contributed by atoms with Gasteiger partial charge in [-0.3, -0.25) is 0 Å². The molecule has 0 atom stereocenters. The normalized spacial score (nSPS) is 11.8. The zero-order valence-corrected chi connectivity index (χ0v) is 9.68. The van der Waals surface area contributed by atoms with Crippen molar-refractivity contribution in [2.75, 3.05) is 23.3 Å². The van der Waals surface area contributed by atoms with Gasteiger partial charge in [0.2, 0.25) is 10.0 Å². The van der Waals surface area contributed by atoms with Crippen molar-refractivity contribution < 1.29 is 8.42 Å². The SMILES string of the molecule is Nc1cn2ccnc2c(NCCS(N)(=O)=O)n1. The van der Waals surface area contributed by atoms with Crippen LogP contribution < -0.4 is 16.2 Å². The fourth-order valence-corrected chi connectivity index (χ4v) is 1.77. The van der Waals surface area contributed by atoms with Crippen LogP contribution in [0.15, 0.2) is 18.6 Å². The lowest BCUT2D eigenvalue weighted by atomic mass is 10.5. The fraction of sp³-hybridized carbons (Fsp3) is 0.250. The summed E-state index contributed by atoms with van der Waals surface area (Å²) in [6.07, 6.45) is 4.94. The van der Waals surface area contributed by atoms with Gasteiger partial charge in [0.15, 0.2) is 11.5 Å². The number of hydrogen-bond acceptors (Lipinski definition) is 6. The van der Waals surface area contributed by atoms with Gasteiger partial charge in [-0.2, -0.15) is 0 Å². The van der Waals surface area contributed by atoms with E-state index in [0.717, 1.165) is 0 Å². The number of imidazole rings is 1. The summed E-state index contributed by atoms with van der Waals surface area (Å²) in [5, 5.41) is 7.73. The predicted octanol–water partition coefficient (Wildman–Crippen LogP) is -0.988. The number of primary sulfonamides is 1. The first-order valence-electron chi connectivity index (χ1n) is 4.79. The first kappa shape index (κ1) is 11.6. The minimum atomic E-state index is -3.49. The second-order valence-electron chi connectivity index (χ2n) is 3.47. The van der Waals surface area contributed by atoms with E-state index in [9.17, 15) is 8.42 Å². The van der Waals surface area contributed by atoms with Gasteiger partial charge in [-0.15, -0.1) is 0 Å². The van der Waals surface area contributed by atoms with Crippen LogP contribution in [0.2, 0.25) is 0 Å². The number of sulfonamides is 1. The first-order valence-corrected chi connectivity index (χ1v) is 6.51. The molecule has 0 unspecified atom stereocenters. The van der Waals surface area contributed by atoms with Gasteiger partial charge in [0.1, 0.15) is 5.82 Å².